The summed E-state index contributed by atoms with van der Waals surface area (Å²) < 4.78 is 10.4. The molecule has 2 N–H and O–H groups in total. The molecule has 0 heterocycles. The van der Waals surface area contributed by atoms with Gasteiger partial charge in [0.05, 0.1) is 7.11 Å². The molecule has 1 rings (SSSR count). The normalized spacial score (nSPS) is 11.8. The molecule has 0 aliphatic heterocycles. The van der Waals surface area contributed by atoms with Gasteiger partial charge in [0.1, 0.15) is 11.8 Å². The van der Waals surface area contributed by atoms with Crippen molar-refractivity contribution in [1.82, 2.24) is 5.32 Å². The van der Waals surface area contributed by atoms with Crippen LogP contribution in [0.25, 0.3) is 0 Å². The number of rotatable bonds is 10. The third-order valence-electron chi connectivity index (χ3n) is 3.10. The summed E-state index contributed by atoms with van der Waals surface area (Å²) in [6.45, 7) is 5.97. The van der Waals surface area contributed by atoms with Crippen molar-refractivity contribution in [3.63, 3.8) is 0 Å². The van der Waals surface area contributed by atoms with E-state index >= 15 is 0 Å². The van der Waals surface area contributed by atoms with Crippen molar-refractivity contribution in [3.05, 3.63) is 24.3 Å². The predicted octanol–water partition coefficient (Wildman–Crippen LogP) is 2.43. The summed E-state index contributed by atoms with van der Waals surface area (Å²) in [5.41, 5.74) is 0.880. The number of anilines is 1. The number of hydrogen-bond acceptors (Lipinski definition) is 4. The first-order chi connectivity index (χ1) is 10.2. The van der Waals surface area contributed by atoms with Crippen LogP contribution >= 0.6 is 0 Å². The molecule has 1 aromatic carbocycles. The number of benzene rings is 1. The first-order valence-corrected chi connectivity index (χ1v) is 7.47. The summed E-state index contributed by atoms with van der Waals surface area (Å²) in [6.07, 6.45) is 1.55. The topological polar surface area (TPSA) is 59.6 Å². The highest BCUT2D eigenvalue weighted by Crippen LogP contribution is 2.18. The molecule has 0 radical (unpaired) electrons. The van der Waals surface area contributed by atoms with Crippen molar-refractivity contribution in [2.45, 2.75) is 32.7 Å². The molecule has 0 fully saturated rings. The van der Waals surface area contributed by atoms with Crippen LogP contribution in [-0.4, -0.2) is 38.8 Å². The van der Waals surface area contributed by atoms with Gasteiger partial charge in [0.2, 0.25) is 5.91 Å². The van der Waals surface area contributed by atoms with E-state index in [-0.39, 0.29) is 11.9 Å². The average Bonchev–Trinajstić information content (AvgIpc) is 2.52. The molecule has 1 unspecified atom stereocenters. The third-order valence-corrected chi connectivity index (χ3v) is 3.10. The minimum atomic E-state index is -0.246. The van der Waals surface area contributed by atoms with E-state index in [1.165, 1.54) is 0 Å². The SMILES string of the molecule is CCOCCCNC(=O)C(CC)Nc1cccc(OC)c1. The highest BCUT2D eigenvalue weighted by molar-refractivity contribution is 5.84. The average molecular weight is 294 g/mol. The highest BCUT2D eigenvalue weighted by Gasteiger charge is 2.15. The summed E-state index contributed by atoms with van der Waals surface area (Å²) in [5, 5.41) is 6.16. The van der Waals surface area contributed by atoms with E-state index in [1.807, 2.05) is 38.1 Å². The van der Waals surface area contributed by atoms with Crippen molar-refractivity contribution in [2.75, 3.05) is 32.2 Å². The Morgan fingerprint density at radius 2 is 2.14 bits per heavy atom. The molecule has 0 aliphatic rings. The fourth-order valence-corrected chi connectivity index (χ4v) is 1.92. The molecule has 1 amide bonds. The van der Waals surface area contributed by atoms with Crippen LogP contribution in [0.1, 0.15) is 26.7 Å². The molecule has 0 saturated heterocycles. The number of nitrogens with one attached hydrogen (secondary N) is 2. The summed E-state index contributed by atoms with van der Waals surface area (Å²) in [6, 6.07) is 7.33. The zero-order valence-corrected chi connectivity index (χ0v) is 13.1. The Morgan fingerprint density at radius 3 is 2.81 bits per heavy atom. The maximum Gasteiger partial charge on any atom is 0.242 e. The molecule has 5 nitrogen and oxygen atoms in total. The van der Waals surface area contributed by atoms with Crippen LogP contribution in [0.4, 0.5) is 5.69 Å². The quantitative estimate of drug-likeness (QED) is 0.651. The van der Waals surface area contributed by atoms with E-state index in [4.69, 9.17) is 9.47 Å². The second-order valence-electron chi connectivity index (χ2n) is 4.68. The van der Waals surface area contributed by atoms with Crippen molar-refractivity contribution < 1.29 is 14.3 Å². The van der Waals surface area contributed by atoms with Crippen LogP contribution in [0.15, 0.2) is 24.3 Å². The van der Waals surface area contributed by atoms with Crippen LogP contribution in [0.5, 0.6) is 5.75 Å². The van der Waals surface area contributed by atoms with E-state index in [0.29, 0.717) is 26.2 Å². The molecule has 0 aliphatic carbocycles. The number of amides is 1. The summed E-state index contributed by atoms with van der Waals surface area (Å²) >= 11 is 0. The molecule has 0 aromatic heterocycles. The zero-order chi connectivity index (χ0) is 15.5. The molecule has 0 spiro atoms. The van der Waals surface area contributed by atoms with Crippen molar-refractivity contribution >= 4 is 11.6 Å². The van der Waals surface area contributed by atoms with Crippen LogP contribution in [0, 0.1) is 0 Å². The van der Waals surface area contributed by atoms with Gasteiger partial charge >= 0.3 is 0 Å². The molecular formula is C16H26N2O3. The lowest BCUT2D eigenvalue weighted by Crippen LogP contribution is -2.39. The monoisotopic (exact) mass is 294 g/mol. The minimum Gasteiger partial charge on any atom is -0.497 e. The lowest BCUT2D eigenvalue weighted by molar-refractivity contribution is -0.121. The summed E-state index contributed by atoms with van der Waals surface area (Å²) in [5.74, 6) is 0.781. The fraction of sp³-hybridized carbons (Fsp3) is 0.562. The Morgan fingerprint density at radius 1 is 1.33 bits per heavy atom. The number of carbonyl (C=O) groups excluding carboxylic acids is 1. The first-order valence-electron chi connectivity index (χ1n) is 7.47. The molecule has 21 heavy (non-hydrogen) atoms. The van der Waals surface area contributed by atoms with Crippen LogP contribution in [0.2, 0.25) is 0 Å². The van der Waals surface area contributed by atoms with Crippen LogP contribution in [-0.2, 0) is 9.53 Å². The molecule has 118 valence electrons. The summed E-state index contributed by atoms with van der Waals surface area (Å²) in [4.78, 5) is 12.1. The molecule has 1 aromatic rings. The van der Waals surface area contributed by atoms with E-state index in [0.717, 1.165) is 17.9 Å². The predicted molar refractivity (Wildman–Crippen MR) is 84.8 cm³/mol. The molecule has 1 atom stereocenters. The van der Waals surface area contributed by atoms with Gasteiger partial charge in [-0.05, 0) is 31.9 Å². The Hall–Kier alpha value is -1.75. The van der Waals surface area contributed by atoms with Gasteiger partial charge in [-0.1, -0.05) is 13.0 Å². The second kappa shape index (κ2) is 10.0. The lowest BCUT2D eigenvalue weighted by Gasteiger charge is -2.18. The minimum absolute atomic E-state index is 0.0109. The van der Waals surface area contributed by atoms with Gasteiger partial charge in [-0.15, -0.1) is 0 Å². The standard InChI is InChI=1S/C16H26N2O3/c1-4-15(16(19)17-10-7-11-21-5-2)18-13-8-6-9-14(12-13)20-3/h6,8-9,12,15,18H,4-5,7,10-11H2,1-3H3,(H,17,19). The summed E-state index contributed by atoms with van der Waals surface area (Å²) in [7, 11) is 1.63. The maximum atomic E-state index is 12.1. The van der Waals surface area contributed by atoms with Gasteiger partial charge in [-0.2, -0.15) is 0 Å². The van der Waals surface area contributed by atoms with Crippen molar-refractivity contribution in [3.8, 4) is 5.75 Å². The smallest absolute Gasteiger partial charge is 0.242 e. The van der Waals surface area contributed by atoms with Gasteiger partial charge < -0.3 is 20.1 Å². The van der Waals surface area contributed by atoms with Crippen molar-refractivity contribution in [2.24, 2.45) is 0 Å². The van der Waals surface area contributed by atoms with E-state index in [1.54, 1.807) is 7.11 Å². The van der Waals surface area contributed by atoms with Crippen LogP contribution in [0.3, 0.4) is 0 Å². The van der Waals surface area contributed by atoms with Crippen molar-refractivity contribution in [1.29, 1.82) is 0 Å². The fourth-order valence-electron chi connectivity index (χ4n) is 1.92. The van der Waals surface area contributed by atoms with Gasteiger partial charge in [0, 0.05) is 31.5 Å². The van der Waals surface area contributed by atoms with Gasteiger partial charge in [0.15, 0.2) is 0 Å². The number of methoxy groups -OCH3 is 1. The third kappa shape index (κ3) is 6.49. The number of hydrogen-bond donors (Lipinski definition) is 2. The first kappa shape index (κ1) is 17.3. The van der Waals surface area contributed by atoms with Gasteiger partial charge in [-0.25, -0.2) is 0 Å². The number of carbonyl (C=O) groups is 1. The molecule has 0 saturated carbocycles. The maximum absolute atomic E-state index is 12.1. The molecular weight excluding hydrogens is 268 g/mol. The number of ether oxygens (including phenoxy) is 2. The van der Waals surface area contributed by atoms with Crippen LogP contribution < -0.4 is 15.4 Å². The van der Waals surface area contributed by atoms with Gasteiger partial charge in [0.25, 0.3) is 0 Å². The lowest BCUT2D eigenvalue weighted by atomic mass is 10.2. The largest absolute Gasteiger partial charge is 0.497 e. The highest BCUT2D eigenvalue weighted by atomic mass is 16.5. The van der Waals surface area contributed by atoms with E-state index in [9.17, 15) is 4.79 Å². The Labute approximate surface area is 127 Å². The van der Waals surface area contributed by atoms with E-state index < -0.39 is 0 Å². The molecule has 0 bridgehead atoms. The zero-order valence-electron chi connectivity index (χ0n) is 13.1. The Kier molecular flexibility index (Phi) is 8.28. The second-order valence-corrected chi connectivity index (χ2v) is 4.68. The molecule has 5 heteroatoms. The van der Waals surface area contributed by atoms with Gasteiger partial charge in [-0.3, -0.25) is 4.79 Å². The van der Waals surface area contributed by atoms with E-state index in [2.05, 4.69) is 10.6 Å². The Bertz CT molecular complexity index is 424. The Balaban J connectivity index is 2.43.